The molecule has 16 heavy (non-hydrogen) atoms. The van der Waals surface area contributed by atoms with E-state index in [1.54, 1.807) is 4.68 Å². The van der Waals surface area contributed by atoms with Crippen LogP contribution in [0.1, 0.15) is 5.69 Å². The molecule has 2 unspecified atom stereocenters. The van der Waals surface area contributed by atoms with Gasteiger partial charge in [0.1, 0.15) is 0 Å². The first-order valence-electron chi connectivity index (χ1n) is 5.62. The molecule has 1 N–H and O–H groups in total. The van der Waals surface area contributed by atoms with Crippen molar-refractivity contribution in [3.05, 3.63) is 18.0 Å². The van der Waals surface area contributed by atoms with Crippen molar-refractivity contribution in [2.45, 2.75) is 18.6 Å². The SMILES string of the molecule is CN1CCOC(C(O)Cc2ccn(C)n2)C1. The van der Waals surface area contributed by atoms with E-state index in [1.807, 2.05) is 26.4 Å². The average molecular weight is 225 g/mol. The molecule has 1 aromatic rings. The standard InChI is InChI=1S/C11H19N3O2/c1-13-5-6-16-11(8-13)10(15)7-9-3-4-14(2)12-9/h3-4,10-11,15H,5-8H2,1-2H3. The monoisotopic (exact) mass is 225 g/mol. The molecule has 1 aliphatic heterocycles. The number of nitrogens with zero attached hydrogens (tertiary/aromatic N) is 3. The van der Waals surface area contributed by atoms with Crippen molar-refractivity contribution in [2.24, 2.45) is 7.05 Å². The summed E-state index contributed by atoms with van der Waals surface area (Å²) in [6.45, 7) is 2.42. The van der Waals surface area contributed by atoms with Gasteiger partial charge in [-0.3, -0.25) is 4.68 Å². The molecule has 0 amide bonds. The third-order valence-electron chi connectivity index (χ3n) is 2.91. The molecule has 2 heterocycles. The topological polar surface area (TPSA) is 50.5 Å². The fraction of sp³-hybridized carbons (Fsp3) is 0.727. The zero-order valence-electron chi connectivity index (χ0n) is 9.83. The first-order chi connectivity index (χ1) is 7.65. The van der Waals surface area contributed by atoms with Crippen molar-refractivity contribution in [3.63, 3.8) is 0 Å². The van der Waals surface area contributed by atoms with Crippen LogP contribution in [0.4, 0.5) is 0 Å². The molecule has 1 aromatic heterocycles. The Hall–Kier alpha value is -0.910. The summed E-state index contributed by atoms with van der Waals surface area (Å²) in [4.78, 5) is 2.18. The lowest BCUT2D eigenvalue weighted by molar-refractivity contribution is -0.0825. The van der Waals surface area contributed by atoms with Gasteiger partial charge in [0, 0.05) is 32.8 Å². The van der Waals surface area contributed by atoms with Crippen molar-refractivity contribution < 1.29 is 9.84 Å². The van der Waals surface area contributed by atoms with E-state index >= 15 is 0 Å². The molecule has 90 valence electrons. The van der Waals surface area contributed by atoms with E-state index in [9.17, 15) is 5.11 Å². The van der Waals surface area contributed by atoms with Crippen LogP contribution in [0.3, 0.4) is 0 Å². The average Bonchev–Trinajstić information content (AvgIpc) is 2.64. The minimum absolute atomic E-state index is 0.0965. The van der Waals surface area contributed by atoms with Gasteiger partial charge in [-0.1, -0.05) is 0 Å². The number of hydrogen-bond donors (Lipinski definition) is 1. The number of ether oxygens (including phenoxy) is 1. The fourth-order valence-corrected chi connectivity index (χ4v) is 1.96. The minimum Gasteiger partial charge on any atom is -0.390 e. The second kappa shape index (κ2) is 4.95. The Bertz CT molecular complexity index is 340. The summed E-state index contributed by atoms with van der Waals surface area (Å²) in [5.41, 5.74) is 0.909. The molecular formula is C11H19N3O2. The molecule has 0 radical (unpaired) electrons. The summed E-state index contributed by atoms with van der Waals surface area (Å²) in [5.74, 6) is 0. The quantitative estimate of drug-likeness (QED) is 0.764. The predicted octanol–water partition coefficient (Wildman–Crippen LogP) is -0.346. The van der Waals surface area contributed by atoms with Crippen LogP contribution in [0.2, 0.25) is 0 Å². The minimum atomic E-state index is -0.474. The summed E-state index contributed by atoms with van der Waals surface area (Å²) in [6.07, 6.45) is 1.87. The van der Waals surface area contributed by atoms with Crippen LogP contribution in [0.5, 0.6) is 0 Å². The summed E-state index contributed by atoms with van der Waals surface area (Å²) in [5, 5.41) is 14.3. The molecule has 0 saturated carbocycles. The Labute approximate surface area is 95.6 Å². The van der Waals surface area contributed by atoms with Crippen molar-refractivity contribution >= 4 is 0 Å². The lowest BCUT2D eigenvalue weighted by atomic mass is 10.1. The maximum atomic E-state index is 10.1. The second-order valence-electron chi connectivity index (χ2n) is 4.42. The number of aryl methyl sites for hydroxylation is 1. The van der Waals surface area contributed by atoms with E-state index in [2.05, 4.69) is 10.00 Å². The first kappa shape index (κ1) is 11.6. The van der Waals surface area contributed by atoms with Crippen molar-refractivity contribution in [3.8, 4) is 0 Å². The molecule has 0 spiro atoms. The van der Waals surface area contributed by atoms with Gasteiger partial charge in [-0.05, 0) is 13.1 Å². The van der Waals surface area contributed by atoms with Crippen LogP contribution < -0.4 is 0 Å². The zero-order valence-corrected chi connectivity index (χ0v) is 9.83. The van der Waals surface area contributed by atoms with Gasteiger partial charge in [-0.15, -0.1) is 0 Å². The van der Waals surface area contributed by atoms with Gasteiger partial charge >= 0.3 is 0 Å². The van der Waals surface area contributed by atoms with Crippen LogP contribution >= 0.6 is 0 Å². The summed E-state index contributed by atoms with van der Waals surface area (Å²) < 4.78 is 7.31. The molecular weight excluding hydrogens is 206 g/mol. The molecule has 0 bridgehead atoms. The highest BCUT2D eigenvalue weighted by Crippen LogP contribution is 2.11. The van der Waals surface area contributed by atoms with Gasteiger partial charge in [0.05, 0.1) is 24.5 Å². The number of likely N-dealkylation sites (N-methyl/N-ethyl adjacent to an activating group) is 1. The normalized spacial score (nSPS) is 24.6. The highest BCUT2D eigenvalue weighted by Gasteiger charge is 2.25. The fourth-order valence-electron chi connectivity index (χ4n) is 1.96. The van der Waals surface area contributed by atoms with Gasteiger partial charge < -0.3 is 14.7 Å². The van der Waals surface area contributed by atoms with Crippen LogP contribution in [-0.4, -0.2) is 58.7 Å². The number of hydrogen-bond acceptors (Lipinski definition) is 4. The van der Waals surface area contributed by atoms with Crippen LogP contribution in [0, 0.1) is 0 Å². The molecule has 1 aliphatic rings. The predicted molar refractivity (Wildman–Crippen MR) is 60.2 cm³/mol. The van der Waals surface area contributed by atoms with Gasteiger partial charge in [-0.25, -0.2) is 0 Å². The smallest absolute Gasteiger partial charge is 0.0964 e. The van der Waals surface area contributed by atoms with E-state index < -0.39 is 6.10 Å². The van der Waals surface area contributed by atoms with E-state index in [-0.39, 0.29) is 6.10 Å². The number of aliphatic hydroxyl groups is 1. The molecule has 5 nitrogen and oxygen atoms in total. The highest BCUT2D eigenvalue weighted by atomic mass is 16.5. The van der Waals surface area contributed by atoms with E-state index in [4.69, 9.17) is 4.74 Å². The van der Waals surface area contributed by atoms with Crippen molar-refractivity contribution in [1.29, 1.82) is 0 Å². The van der Waals surface area contributed by atoms with Gasteiger partial charge in [-0.2, -0.15) is 5.10 Å². The number of aromatic nitrogens is 2. The molecule has 0 aliphatic carbocycles. The van der Waals surface area contributed by atoms with E-state index in [0.717, 1.165) is 18.8 Å². The second-order valence-corrected chi connectivity index (χ2v) is 4.42. The van der Waals surface area contributed by atoms with Gasteiger partial charge in [0.25, 0.3) is 0 Å². The summed E-state index contributed by atoms with van der Waals surface area (Å²) in [7, 11) is 3.92. The van der Waals surface area contributed by atoms with Crippen LogP contribution in [-0.2, 0) is 18.2 Å². The Kier molecular flexibility index (Phi) is 3.58. The largest absolute Gasteiger partial charge is 0.390 e. The van der Waals surface area contributed by atoms with Gasteiger partial charge in [0.2, 0.25) is 0 Å². The van der Waals surface area contributed by atoms with Crippen molar-refractivity contribution in [1.82, 2.24) is 14.7 Å². The Morgan fingerprint density at radius 1 is 1.62 bits per heavy atom. The third-order valence-corrected chi connectivity index (χ3v) is 2.91. The lowest BCUT2D eigenvalue weighted by Crippen LogP contribution is -2.46. The maximum absolute atomic E-state index is 10.1. The van der Waals surface area contributed by atoms with E-state index in [0.29, 0.717) is 13.0 Å². The Balaban J connectivity index is 1.89. The zero-order chi connectivity index (χ0) is 11.5. The van der Waals surface area contributed by atoms with E-state index in [1.165, 1.54) is 0 Å². The molecule has 2 rings (SSSR count). The summed E-state index contributed by atoms with van der Waals surface area (Å²) >= 11 is 0. The summed E-state index contributed by atoms with van der Waals surface area (Å²) in [6, 6.07) is 1.93. The highest BCUT2D eigenvalue weighted by molar-refractivity contribution is 5.01. The molecule has 0 aromatic carbocycles. The van der Waals surface area contributed by atoms with Crippen LogP contribution in [0.15, 0.2) is 12.3 Å². The Morgan fingerprint density at radius 2 is 2.44 bits per heavy atom. The molecule has 2 atom stereocenters. The third kappa shape index (κ3) is 2.81. The Morgan fingerprint density at radius 3 is 3.06 bits per heavy atom. The number of morpholine rings is 1. The van der Waals surface area contributed by atoms with Crippen LogP contribution in [0.25, 0.3) is 0 Å². The molecule has 1 saturated heterocycles. The lowest BCUT2D eigenvalue weighted by Gasteiger charge is -2.32. The molecule has 5 heteroatoms. The number of rotatable bonds is 3. The number of aliphatic hydroxyl groups excluding tert-OH is 1. The van der Waals surface area contributed by atoms with Gasteiger partial charge in [0.15, 0.2) is 0 Å². The first-order valence-corrected chi connectivity index (χ1v) is 5.62. The van der Waals surface area contributed by atoms with Crippen molar-refractivity contribution in [2.75, 3.05) is 26.7 Å². The molecule has 1 fully saturated rings. The maximum Gasteiger partial charge on any atom is 0.0964 e.